The number of anilines is 1. The van der Waals surface area contributed by atoms with E-state index in [0.29, 0.717) is 56.3 Å². The van der Waals surface area contributed by atoms with Gasteiger partial charge in [-0.3, -0.25) is 19.2 Å². The minimum atomic E-state index is -5.88. The van der Waals surface area contributed by atoms with Gasteiger partial charge in [0, 0.05) is 36.7 Å². The first kappa shape index (κ1) is 45.5. The highest BCUT2D eigenvalue weighted by atomic mass is 19.4. The second kappa shape index (κ2) is 18.5. The molecule has 6 N–H and O–H groups in total. The lowest BCUT2D eigenvalue weighted by atomic mass is 9.81. The molecule has 5 amide bonds. The van der Waals surface area contributed by atoms with E-state index in [-0.39, 0.29) is 46.8 Å². The Morgan fingerprint density at radius 3 is 2.34 bits per heavy atom. The number of alkyl halides is 5. The predicted molar refractivity (Wildman–Crippen MR) is 220 cm³/mol. The maximum absolute atomic E-state index is 14.1. The molecule has 2 fully saturated rings. The summed E-state index contributed by atoms with van der Waals surface area (Å²) in [5.41, 5.74) is 2.43. The number of nitrogens with one attached hydrogen (secondary N) is 6. The number of hydrogen-bond acceptors (Lipinski definition) is 7. The minimum Gasteiger partial charge on any atom is -0.444 e. The number of carbonyl (C=O) groups excluding carboxylic acids is 5. The highest BCUT2D eigenvalue weighted by Gasteiger charge is 2.61. The van der Waals surface area contributed by atoms with Crippen molar-refractivity contribution in [3.63, 3.8) is 0 Å². The van der Waals surface area contributed by atoms with Crippen LogP contribution < -0.4 is 26.6 Å². The number of aryl methyl sites for hydroxylation is 1. The summed E-state index contributed by atoms with van der Waals surface area (Å²) in [6.45, 7) is 8.10. The second-order valence-electron chi connectivity index (χ2n) is 16.9. The molecule has 1 aliphatic heterocycles. The number of benzene rings is 3. The van der Waals surface area contributed by atoms with Crippen molar-refractivity contribution in [1.82, 2.24) is 31.2 Å². The molecule has 0 bridgehead atoms. The fourth-order valence-electron chi connectivity index (χ4n) is 7.65. The number of rotatable bonds is 12. The Kier molecular flexibility index (Phi) is 13.6. The molecule has 1 saturated carbocycles. The quantitative estimate of drug-likeness (QED) is 0.0814. The van der Waals surface area contributed by atoms with Crippen molar-refractivity contribution in [3.8, 4) is 11.1 Å². The zero-order valence-electron chi connectivity index (χ0n) is 34.7. The van der Waals surface area contributed by atoms with Crippen LogP contribution in [0.4, 0.5) is 32.4 Å². The Bertz CT molecular complexity index is 2320. The van der Waals surface area contributed by atoms with Gasteiger partial charge in [-0.1, -0.05) is 30.3 Å². The average molecular weight is 868 g/mol. The Hall–Kier alpha value is -6.07. The number of hydrogen-bond donors (Lipinski definition) is 6. The fourth-order valence-corrected chi connectivity index (χ4v) is 7.65. The van der Waals surface area contributed by atoms with E-state index in [1.54, 1.807) is 51.1 Å². The zero-order chi connectivity index (χ0) is 45.0. The van der Waals surface area contributed by atoms with Crippen LogP contribution in [0.5, 0.6) is 0 Å². The summed E-state index contributed by atoms with van der Waals surface area (Å²) in [4.78, 5) is 70.6. The smallest absolute Gasteiger partial charge is 0.444 e. The summed E-state index contributed by atoms with van der Waals surface area (Å²) < 4.78 is 72.6. The standard InChI is InChI=1S/C44H50F5N7O6/c1-24-19-29(37(58)53-33-9-6-18-50-38(33)59)14-16-31(24)28-8-5-7-26(20-28)21-35(54-36(57)27-12-10-25(11-13-27)23-51-41(61)62-42(2,3)4)39(60)52-30-15-17-32-34(22-30)56-40(55-32)43(45,46)44(47,48)49/h5,7-8,14-17,19-20,22,25,27,33,35H,6,9-13,18,21,23H2,1-4H3,(H,50,59)(H,51,61)(H,52,60)(H,53,58)(H,54,57)(H,55,56). The van der Waals surface area contributed by atoms with E-state index < -0.39 is 53.5 Å². The molecule has 3 aromatic carbocycles. The van der Waals surface area contributed by atoms with E-state index in [1.165, 1.54) is 18.2 Å². The molecule has 6 rings (SSSR count). The van der Waals surface area contributed by atoms with Crippen LogP contribution in [0.2, 0.25) is 0 Å². The van der Waals surface area contributed by atoms with Gasteiger partial charge >= 0.3 is 18.2 Å². The molecule has 13 nitrogen and oxygen atoms in total. The molecule has 0 radical (unpaired) electrons. The third kappa shape index (κ3) is 11.2. The number of nitrogens with zero attached hydrogens (tertiary/aromatic N) is 1. The third-order valence-electron chi connectivity index (χ3n) is 10.9. The van der Waals surface area contributed by atoms with Gasteiger partial charge < -0.3 is 36.3 Å². The summed E-state index contributed by atoms with van der Waals surface area (Å²) in [7, 11) is 0. The first-order chi connectivity index (χ1) is 29.2. The molecule has 0 spiro atoms. The van der Waals surface area contributed by atoms with Gasteiger partial charge in [0.15, 0.2) is 5.82 Å². The van der Waals surface area contributed by atoms with Crippen LogP contribution in [0.1, 0.15) is 86.6 Å². The van der Waals surface area contributed by atoms with Gasteiger partial charge in [0.05, 0.1) is 11.0 Å². The number of alkyl carbamates (subject to hydrolysis) is 1. The van der Waals surface area contributed by atoms with E-state index in [9.17, 15) is 45.9 Å². The number of imidazole rings is 1. The molecule has 2 unspecified atom stereocenters. The van der Waals surface area contributed by atoms with Crippen molar-refractivity contribution < 1.29 is 50.7 Å². The number of aromatic amines is 1. The van der Waals surface area contributed by atoms with Crippen LogP contribution in [-0.4, -0.2) is 76.6 Å². The lowest BCUT2D eigenvalue weighted by Gasteiger charge is -2.29. The van der Waals surface area contributed by atoms with E-state index >= 15 is 0 Å². The molecular weight excluding hydrogens is 818 g/mol. The number of halogens is 5. The highest BCUT2D eigenvalue weighted by Crippen LogP contribution is 2.43. The monoisotopic (exact) mass is 867 g/mol. The van der Waals surface area contributed by atoms with Gasteiger partial charge in [-0.2, -0.15) is 22.0 Å². The van der Waals surface area contributed by atoms with Crippen LogP contribution in [0.3, 0.4) is 0 Å². The average Bonchev–Trinajstić information content (AvgIpc) is 3.64. The molecule has 2 aliphatic rings. The predicted octanol–water partition coefficient (Wildman–Crippen LogP) is 7.20. The number of amides is 5. The summed E-state index contributed by atoms with van der Waals surface area (Å²) in [6.07, 6.45) is -2.81. The normalized spacial score (nSPS) is 18.9. The molecule has 2 heterocycles. The van der Waals surface area contributed by atoms with Gasteiger partial charge in [0.2, 0.25) is 17.7 Å². The van der Waals surface area contributed by atoms with E-state index in [1.807, 2.05) is 24.0 Å². The molecule has 18 heteroatoms. The minimum absolute atomic E-state index is 0.0117. The van der Waals surface area contributed by atoms with Gasteiger partial charge in [-0.05, 0) is 125 Å². The van der Waals surface area contributed by atoms with Gasteiger partial charge in [0.1, 0.15) is 17.7 Å². The first-order valence-electron chi connectivity index (χ1n) is 20.5. The maximum atomic E-state index is 14.1. The lowest BCUT2D eigenvalue weighted by Crippen LogP contribution is -2.50. The SMILES string of the molecule is Cc1cc(C(=O)NC2CCCNC2=O)ccc1-c1cccc(CC(NC(=O)C2CCC(CNC(=O)OC(C)(C)C)CC2)C(=O)Nc2ccc3nc(C(F)(F)C(F)(F)F)[nH]c3c2)c1. The molecule has 1 aromatic heterocycles. The largest absolute Gasteiger partial charge is 0.461 e. The summed E-state index contributed by atoms with van der Waals surface area (Å²) >= 11 is 0. The van der Waals surface area contributed by atoms with Gasteiger partial charge in [-0.15, -0.1) is 0 Å². The van der Waals surface area contributed by atoms with Crippen molar-refractivity contribution in [3.05, 3.63) is 83.2 Å². The molecule has 2 atom stereocenters. The molecule has 1 aliphatic carbocycles. The van der Waals surface area contributed by atoms with Crippen LogP contribution in [-0.2, 0) is 31.5 Å². The van der Waals surface area contributed by atoms with Crippen LogP contribution in [0, 0.1) is 18.8 Å². The number of carbonyl (C=O) groups is 5. The zero-order valence-corrected chi connectivity index (χ0v) is 34.7. The van der Waals surface area contributed by atoms with Crippen molar-refractivity contribution in [2.45, 2.75) is 102 Å². The number of ether oxygens (including phenoxy) is 1. The topological polar surface area (TPSA) is 183 Å². The second-order valence-corrected chi connectivity index (χ2v) is 16.9. The van der Waals surface area contributed by atoms with Crippen LogP contribution in [0.15, 0.2) is 60.7 Å². The van der Waals surface area contributed by atoms with Crippen molar-refractivity contribution in [2.24, 2.45) is 11.8 Å². The van der Waals surface area contributed by atoms with Crippen LogP contribution >= 0.6 is 0 Å². The summed E-state index contributed by atoms with van der Waals surface area (Å²) in [5.74, 6) is -8.78. The van der Waals surface area contributed by atoms with Gasteiger partial charge in [0.25, 0.3) is 5.91 Å². The molecule has 4 aromatic rings. The highest BCUT2D eigenvalue weighted by molar-refractivity contribution is 5.99. The van der Waals surface area contributed by atoms with E-state index in [0.717, 1.165) is 23.1 Å². The number of piperidine rings is 1. The van der Waals surface area contributed by atoms with Crippen LogP contribution in [0.25, 0.3) is 22.2 Å². The number of fused-ring (bicyclic) bond motifs is 1. The Labute approximate surface area is 354 Å². The van der Waals surface area contributed by atoms with Gasteiger partial charge in [-0.25, -0.2) is 9.78 Å². The fraction of sp³-hybridized carbons (Fsp3) is 0.455. The van der Waals surface area contributed by atoms with E-state index in [4.69, 9.17) is 4.74 Å². The molecule has 1 saturated heterocycles. The molecular formula is C44H50F5N7O6. The Morgan fingerprint density at radius 2 is 1.66 bits per heavy atom. The third-order valence-corrected chi connectivity index (χ3v) is 10.9. The maximum Gasteiger partial charge on any atom is 0.461 e. The number of aromatic nitrogens is 2. The number of H-pyrrole nitrogens is 1. The van der Waals surface area contributed by atoms with Crippen molar-refractivity contribution in [2.75, 3.05) is 18.4 Å². The summed E-state index contributed by atoms with van der Waals surface area (Å²) in [6, 6.07) is 14.4. The summed E-state index contributed by atoms with van der Waals surface area (Å²) in [5, 5.41) is 13.9. The Balaban J connectivity index is 1.18. The van der Waals surface area contributed by atoms with Crippen molar-refractivity contribution in [1.29, 1.82) is 0 Å². The first-order valence-corrected chi connectivity index (χ1v) is 20.5. The Morgan fingerprint density at radius 1 is 0.919 bits per heavy atom. The molecule has 62 heavy (non-hydrogen) atoms. The molecule has 332 valence electrons. The lowest BCUT2D eigenvalue weighted by molar-refractivity contribution is -0.292. The van der Waals surface area contributed by atoms with Crippen molar-refractivity contribution >= 4 is 46.4 Å². The van der Waals surface area contributed by atoms with E-state index in [2.05, 4.69) is 31.6 Å².